The van der Waals surface area contributed by atoms with Crippen molar-refractivity contribution in [3.05, 3.63) is 71.8 Å². The van der Waals surface area contributed by atoms with E-state index in [1.54, 1.807) is 0 Å². The lowest BCUT2D eigenvalue weighted by Crippen LogP contribution is -2.51. The third-order valence-corrected chi connectivity index (χ3v) is 11.1. The number of esters is 1. The van der Waals surface area contributed by atoms with Crippen LogP contribution in [0.1, 0.15) is 63.0 Å². The first-order valence-corrected chi connectivity index (χ1v) is 14.8. The molecule has 2 aromatic carbocycles. The summed E-state index contributed by atoms with van der Waals surface area (Å²) in [7, 11) is 0. The number of piperidine rings is 1. The molecular weight excluding hydrogens is 474 g/mol. The van der Waals surface area contributed by atoms with E-state index in [0.29, 0.717) is 11.8 Å². The van der Waals surface area contributed by atoms with Gasteiger partial charge in [0, 0.05) is 12.5 Å². The van der Waals surface area contributed by atoms with Crippen molar-refractivity contribution >= 4 is 5.97 Å². The van der Waals surface area contributed by atoms with Crippen LogP contribution in [0.5, 0.6) is 0 Å². The zero-order chi connectivity index (χ0) is 26.0. The van der Waals surface area contributed by atoms with Gasteiger partial charge in [0.1, 0.15) is 11.7 Å². The number of epoxide rings is 1. The van der Waals surface area contributed by atoms with Crippen LogP contribution in [0.3, 0.4) is 0 Å². The molecule has 0 unspecified atom stereocenters. The molecule has 0 amide bonds. The van der Waals surface area contributed by atoms with Gasteiger partial charge in [-0.15, -0.1) is 0 Å². The Kier molecular flexibility index (Phi) is 5.99. The molecule has 7 rings (SSSR count). The molecule has 5 aliphatic rings. The average Bonchev–Trinajstić information content (AvgIpc) is 3.65. The summed E-state index contributed by atoms with van der Waals surface area (Å²) in [5.41, 5.74) is 1.23. The highest BCUT2D eigenvalue weighted by molar-refractivity contribution is 5.75. The van der Waals surface area contributed by atoms with Gasteiger partial charge < -0.3 is 19.5 Å². The molecule has 5 nitrogen and oxygen atoms in total. The second-order valence-electron chi connectivity index (χ2n) is 13.2. The molecule has 0 radical (unpaired) electrons. The van der Waals surface area contributed by atoms with Gasteiger partial charge in [0.05, 0.1) is 18.1 Å². The van der Waals surface area contributed by atoms with Crippen molar-refractivity contribution in [2.45, 2.75) is 69.2 Å². The Morgan fingerprint density at radius 1 is 1.00 bits per heavy atom. The molecule has 3 aliphatic heterocycles. The summed E-state index contributed by atoms with van der Waals surface area (Å²) in [6, 6.07) is 20.3. The first-order chi connectivity index (χ1) is 18.4. The SMILES string of the molecule is C[C@]12CCC[C@]3(CO3)[C@H]1C[C@H]1[C@@H](C2)OC(=O)[C@@H]1CN1CCC(C(O)(c2ccccc2)c2ccccc2)CC1. The van der Waals surface area contributed by atoms with Crippen LogP contribution in [0, 0.1) is 29.1 Å². The van der Waals surface area contributed by atoms with Crippen LogP contribution in [0.25, 0.3) is 0 Å². The molecule has 2 aliphatic carbocycles. The number of hydrogen-bond acceptors (Lipinski definition) is 5. The van der Waals surface area contributed by atoms with Gasteiger partial charge in [-0.25, -0.2) is 0 Å². The number of fused-ring (bicyclic) bond motifs is 3. The predicted molar refractivity (Wildman–Crippen MR) is 145 cm³/mol. The quantitative estimate of drug-likeness (QED) is 0.440. The molecule has 1 N–H and O–H groups in total. The number of nitrogens with zero attached hydrogens (tertiary/aromatic N) is 1. The minimum absolute atomic E-state index is 0.0141. The number of rotatable bonds is 5. The normalized spacial score (nSPS) is 37.5. The third kappa shape index (κ3) is 3.96. The van der Waals surface area contributed by atoms with E-state index >= 15 is 0 Å². The molecule has 1 spiro atoms. The summed E-state index contributed by atoms with van der Waals surface area (Å²) in [4.78, 5) is 15.6. The number of benzene rings is 2. The van der Waals surface area contributed by atoms with E-state index in [1.807, 2.05) is 60.7 Å². The van der Waals surface area contributed by atoms with Gasteiger partial charge in [0.2, 0.25) is 0 Å². The first kappa shape index (κ1) is 24.8. The Labute approximate surface area is 226 Å². The first-order valence-electron chi connectivity index (χ1n) is 14.8. The maximum Gasteiger partial charge on any atom is 0.310 e. The number of carbonyl (C=O) groups excluding carboxylic acids is 1. The number of ether oxygens (including phenoxy) is 2. The molecule has 38 heavy (non-hydrogen) atoms. The highest BCUT2D eigenvalue weighted by Gasteiger charge is 2.65. The average molecular weight is 516 g/mol. The maximum absolute atomic E-state index is 13.2. The van der Waals surface area contributed by atoms with E-state index in [0.717, 1.165) is 63.1 Å². The Morgan fingerprint density at radius 3 is 2.24 bits per heavy atom. The van der Waals surface area contributed by atoms with Crippen LogP contribution in [-0.4, -0.2) is 53.9 Å². The number of aliphatic hydroxyl groups is 1. The topological polar surface area (TPSA) is 62.3 Å². The Hall–Kier alpha value is -2.21. The Morgan fingerprint density at radius 2 is 1.63 bits per heavy atom. The summed E-state index contributed by atoms with van der Waals surface area (Å²) in [6.07, 6.45) is 7.57. The highest BCUT2D eigenvalue weighted by Crippen LogP contribution is 2.63. The molecule has 6 atom stereocenters. The van der Waals surface area contributed by atoms with Crippen LogP contribution in [0.15, 0.2) is 60.7 Å². The van der Waals surface area contributed by atoms with Gasteiger partial charge in [-0.05, 0) is 86.4 Å². The van der Waals surface area contributed by atoms with E-state index < -0.39 is 5.60 Å². The smallest absolute Gasteiger partial charge is 0.310 e. The molecule has 2 saturated carbocycles. The van der Waals surface area contributed by atoms with E-state index in [4.69, 9.17) is 9.47 Å². The van der Waals surface area contributed by atoms with Crippen molar-refractivity contribution in [1.29, 1.82) is 0 Å². The zero-order valence-electron chi connectivity index (χ0n) is 22.6. The lowest BCUT2D eigenvalue weighted by molar-refractivity contribution is -0.147. The largest absolute Gasteiger partial charge is 0.462 e. The van der Waals surface area contributed by atoms with Gasteiger partial charge in [0.15, 0.2) is 0 Å². The number of likely N-dealkylation sites (tertiary alicyclic amines) is 1. The van der Waals surface area contributed by atoms with Crippen molar-refractivity contribution < 1.29 is 19.4 Å². The summed E-state index contributed by atoms with van der Waals surface area (Å²) in [5, 5.41) is 12.2. The maximum atomic E-state index is 13.2. The molecule has 5 fully saturated rings. The minimum Gasteiger partial charge on any atom is -0.462 e. The third-order valence-electron chi connectivity index (χ3n) is 11.1. The minimum atomic E-state index is -1.01. The van der Waals surface area contributed by atoms with Crippen molar-refractivity contribution in [3.63, 3.8) is 0 Å². The Balaban J connectivity index is 1.05. The van der Waals surface area contributed by atoms with Crippen molar-refractivity contribution in [2.75, 3.05) is 26.2 Å². The van der Waals surface area contributed by atoms with Crippen molar-refractivity contribution in [2.24, 2.45) is 29.1 Å². The van der Waals surface area contributed by atoms with E-state index in [-0.39, 0.29) is 34.9 Å². The van der Waals surface area contributed by atoms with Gasteiger partial charge in [0.25, 0.3) is 0 Å². The van der Waals surface area contributed by atoms with Crippen molar-refractivity contribution in [3.8, 4) is 0 Å². The molecule has 0 bridgehead atoms. The second-order valence-corrected chi connectivity index (χ2v) is 13.2. The van der Waals surface area contributed by atoms with Gasteiger partial charge in [-0.1, -0.05) is 67.6 Å². The molecule has 3 saturated heterocycles. The fourth-order valence-electron chi connectivity index (χ4n) is 9.00. The number of carbonyl (C=O) groups is 1. The summed E-state index contributed by atoms with van der Waals surface area (Å²) in [5.74, 6) is 0.958. The van der Waals surface area contributed by atoms with Crippen LogP contribution < -0.4 is 0 Å². The van der Waals surface area contributed by atoms with Crippen LogP contribution in [0.2, 0.25) is 0 Å². The fourth-order valence-corrected chi connectivity index (χ4v) is 9.00. The summed E-state index contributed by atoms with van der Waals surface area (Å²) >= 11 is 0. The zero-order valence-corrected chi connectivity index (χ0v) is 22.6. The van der Waals surface area contributed by atoms with Gasteiger partial charge in [-0.2, -0.15) is 0 Å². The second kappa shape index (κ2) is 9.18. The molecule has 3 heterocycles. The van der Waals surface area contributed by atoms with Crippen LogP contribution in [0.4, 0.5) is 0 Å². The molecule has 2 aromatic rings. The standard InChI is InChI=1S/C33H41NO4/c1-31-15-8-16-32(22-37-32)29(31)19-26-27(30(35)38-28(26)20-31)21-34-17-13-25(14-18-34)33(36,23-9-4-2-5-10-23)24-11-6-3-7-12-24/h2-7,9-12,25-29,36H,8,13-22H2,1H3/t26-,27-,28-,29+,31-,32+/m1/s1. The predicted octanol–water partition coefficient (Wildman–Crippen LogP) is 5.16. The fraction of sp³-hybridized carbons (Fsp3) is 0.606. The van der Waals surface area contributed by atoms with E-state index in [1.165, 1.54) is 19.3 Å². The van der Waals surface area contributed by atoms with Gasteiger partial charge in [-0.3, -0.25) is 4.79 Å². The molecular formula is C33H41NO4. The summed E-state index contributed by atoms with van der Waals surface area (Å²) < 4.78 is 12.2. The Bertz CT molecular complexity index is 1120. The summed E-state index contributed by atoms with van der Waals surface area (Å²) in [6.45, 7) is 5.88. The highest BCUT2D eigenvalue weighted by atomic mass is 16.6. The van der Waals surface area contributed by atoms with E-state index in [9.17, 15) is 9.90 Å². The number of hydrogen-bond donors (Lipinski definition) is 1. The lowest BCUT2D eigenvalue weighted by Gasteiger charge is -2.51. The van der Waals surface area contributed by atoms with Crippen LogP contribution in [-0.2, 0) is 19.9 Å². The monoisotopic (exact) mass is 515 g/mol. The molecule has 0 aromatic heterocycles. The molecule has 5 heteroatoms. The van der Waals surface area contributed by atoms with Gasteiger partial charge >= 0.3 is 5.97 Å². The van der Waals surface area contributed by atoms with Crippen molar-refractivity contribution in [1.82, 2.24) is 4.90 Å². The van der Waals surface area contributed by atoms with Crippen LogP contribution >= 0.6 is 0 Å². The lowest BCUT2D eigenvalue weighted by atomic mass is 9.53. The molecule has 202 valence electrons. The van der Waals surface area contributed by atoms with E-state index in [2.05, 4.69) is 11.8 Å².